The van der Waals surface area contributed by atoms with Gasteiger partial charge in [0, 0.05) is 17.2 Å². The summed E-state index contributed by atoms with van der Waals surface area (Å²) < 4.78 is 5.41. The van der Waals surface area contributed by atoms with E-state index in [1.54, 1.807) is 4.90 Å². The number of benzene rings is 2. The third-order valence-corrected chi connectivity index (χ3v) is 4.58. The van der Waals surface area contributed by atoms with Gasteiger partial charge in [-0.1, -0.05) is 52.7 Å². The highest BCUT2D eigenvalue weighted by atomic mass is 16.5. The molecule has 0 aliphatic carbocycles. The molecule has 0 atom stereocenters. The molecule has 0 fully saturated rings. The largest absolute Gasteiger partial charge is 0.337 e. The van der Waals surface area contributed by atoms with E-state index in [0.29, 0.717) is 17.3 Å². The molecule has 1 heterocycles. The van der Waals surface area contributed by atoms with Crippen molar-refractivity contribution in [1.29, 1.82) is 0 Å². The van der Waals surface area contributed by atoms with Crippen molar-refractivity contribution in [3.8, 4) is 11.4 Å². The minimum Gasteiger partial charge on any atom is -0.337 e. The van der Waals surface area contributed by atoms with E-state index in [-0.39, 0.29) is 18.5 Å². The minimum absolute atomic E-state index is 0.00734. The van der Waals surface area contributed by atoms with Gasteiger partial charge >= 0.3 is 0 Å². The van der Waals surface area contributed by atoms with Gasteiger partial charge in [-0.2, -0.15) is 4.98 Å². The van der Waals surface area contributed by atoms with Crippen molar-refractivity contribution in [3.05, 3.63) is 70.6 Å². The number of rotatable bonds is 5. The molecule has 27 heavy (non-hydrogen) atoms. The van der Waals surface area contributed by atoms with Crippen LogP contribution in [-0.4, -0.2) is 27.0 Å². The molecule has 0 bridgehead atoms. The Morgan fingerprint density at radius 1 is 1.04 bits per heavy atom. The zero-order valence-electron chi connectivity index (χ0n) is 16.5. The van der Waals surface area contributed by atoms with E-state index in [1.165, 1.54) is 5.56 Å². The third-order valence-electron chi connectivity index (χ3n) is 4.58. The van der Waals surface area contributed by atoms with Crippen LogP contribution in [0.2, 0.25) is 0 Å². The Morgan fingerprint density at radius 2 is 1.70 bits per heavy atom. The van der Waals surface area contributed by atoms with E-state index in [1.807, 2.05) is 77.1 Å². The second-order valence-electron chi connectivity index (χ2n) is 7.22. The summed E-state index contributed by atoms with van der Waals surface area (Å²) in [7, 11) is 0. The smallest absolute Gasteiger partial charge is 0.254 e. The van der Waals surface area contributed by atoms with E-state index >= 15 is 0 Å². The molecule has 0 aliphatic heterocycles. The van der Waals surface area contributed by atoms with Crippen LogP contribution >= 0.6 is 0 Å². The van der Waals surface area contributed by atoms with Crippen LogP contribution in [0, 0.1) is 20.8 Å². The summed E-state index contributed by atoms with van der Waals surface area (Å²) in [5.41, 5.74) is 4.88. The van der Waals surface area contributed by atoms with E-state index in [0.717, 1.165) is 16.7 Å². The minimum atomic E-state index is -0.0300. The first kappa shape index (κ1) is 18.8. The average molecular weight is 363 g/mol. The van der Waals surface area contributed by atoms with Crippen LogP contribution in [-0.2, 0) is 6.54 Å². The van der Waals surface area contributed by atoms with Crippen molar-refractivity contribution in [3.63, 3.8) is 0 Å². The lowest BCUT2D eigenvalue weighted by Crippen LogP contribution is -2.36. The first-order valence-electron chi connectivity index (χ1n) is 9.13. The second-order valence-corrected chi connectivity index (χ2v) is 7.22. The molecule has 5 heteroatoms. The Hall–Kier alpha value is -2.95. The zero-order valence-corrected chi connectivity index (χ0v) is 16.5. The standard InChI is InChI=1S/C22H25N3O2/c1-14(2)25(22(26)19-11-8-16(4)12-17(19)5)13-20-23-21(24-27-20)18-9-6-15(3)7-10-18/h6-12,14H,13H2,1-5H3. The van der Waals surface area contributed by atoms with Crippen molar-refractivity contribution in [2.24, 2.45) is 0 Å². The molecular formula is C22H25N3O2. The summed E-state index contributed by atoms with van der Waals surface area (Å²) in [5.74, 6) is 0.933. The van der Waals surface area contributed by atoms with Gasteiger partial charge in [-0.3, -0.25) is 4.79 Å². The Morgan fingerprint density at radius 3 is 2.33 bits per heavy atom. The van der Waals surface area contributed by atoms with Gasteiger partial charge in [0.05, 0.1) is 0 Å². The number of carbonyl (C=O) groups excluding carboxylic acids is 1. The molecular weight excluding hydrogens is 338 g/mol. The van der Waals surface area contributed by atoms with Gasteiger partial charge in [0.2, 0.25) is 11.7 Å². The van der Waals surface area contributed by atoms with Crippen LogP contribution in [0.15, 0.2) is 47.0 Å². The van der Waals surface area contributed by atoms with Crippen molar-refractivity contribution in [1.82, 2.24) is 15.0 Å². The molecule has 1 aromatic heterocycles. The number of aryl methyl sites for hydroxylation is 3. The molecule has 3 aromatic rings. The van der Waals surface area contributed by atoms with Gasteiger partial charge in [-0.25, -0.2) is 0 Å². The van der Waals surface area contributed by atoms with Crippen molar-refractivity contribution < 1.29 is 9.32 Å². The molecule has 140 valence electrons. The number of hydrogen-bond acceptors (Lipinski definition) is 4. The lowest BCUT2D eigenvalue weighted by molar-refractivity contribution is 0.0666. The second kappa shape index (κ2) is 7.74. The van der Waals surface area contributed by atoms with Crippen molar-refractivity contribution in [2.45, 2.75) is 47.2 Å². The highest BCUT2D eigenvalue weighted by Gasteiger charge is 2.23. The SMILES string of the molecule is Cc1ccc(-c2noc(CN(C(=O)c3ccc(C)cc3C)C(C)C)n2)cc1. The molecule has 3 rings (SSSR count). The summed E-state index contributed by atoms with van der Waals surface area (Å²) in [6.07, 6.45) is 0. The van der Waals surface area contributed by atoms with Gasteiger partial charge in [-0.05, 0) is 46.2 Å². The highest BCUT2D eigenvalue weighted by Crippen LogP contribution is 2.20. The fourth-order valence-electron chi connectivity index (χ4n) is 2.98. The zero-order chi connectivity index (χ0) is 19.6. The van der Waals surface area contributed by atoms with Crippen LogP contribution in [0.5, 0.6) is 0 Å². The number of aromatic nitrogens is 2. The lowest BCUT2D eigenvalue weighted by Gasteiger charge is -2.26. The van der Waals surface area contributed by atoms with E-state index in [9.17, 15) is 4.79 Å². The average Bonchev–Trinajstić information content (AvgIpc) is 3.08. The lowest BCUT2D eigenvalue weighted by atomic mass is 10.0. The first-order chi connectivity index (χ1) is 12.8. The Kier molecular flexibility index (Phi) is 5.40. The van der Waals surface area contributed by atoms with Gasteiger partial charge in [0.1, 0.15) is 6.54 Å². The molecule has 2 aromatic carbocycles. The molecule has 5 nitrogen and oxygen atoms in total. The molecule has 0 spiro atoms. The predicted molar refractivity (Wildman–Crippen MR) is 105 cm³/mol. The summed E-state index contributed by atoms with van der Waals surface area (Å²) in [6, 6.07) is 13.8. The quantitative estimate of drug-likeness (QED) is 0.658. The van der Waals surface area contributed by atoms with E-state index in [2.05, 4.69) is 10.1 Å². The molecule has 0 saturated carbocycles. The first-order valence-corrected chi connectivity index (χ1v) is 9.13. The summed E-state index contributed by atoms with van der Waals surface area (Å²) in [5, 5.41) is 4.07. The maximum absolute atomic E-state index is 13.1. The maximum Gasteiger partial charge on any atom is 0.254 e. The number of hydrogen-bond donors (Lipinski definition) is 0. The molecule has 1 amide bonds. The maximum atomic E-state index is 13.1. The van der Waals surface area contributed by atoms with E-state index in [4.69, 9.17) is 4.52 Å². The fourth-order valence-corrected chi connectivity index (χ4v) is 2.98. The van der Waals surface area contributed by atoms with Crippen LogP contribution in [0.3, 0.4) is 0 Å². The molecule has 0 saturated heterocycles. The van der Waals surface area contributed by atoms with E-state index < -0.39 is 0 Å². The summed E-state index contributed by atoms with van der Waals surface area (Å²) >= 11 is 0. The van der Waals surface area contributed by atoms with Gasteiger partial charge < -0.3 is 9.42 Å². The number of nitrogens with zero attached hydrogens (tertiary/aromatic N) is 3. The predicted octanol–water partition coefficient (Wildman–Crippen LogP) is 4.71. The normalized spacial score (nSPS) is 11.0. The topological polar surface area (TPSA) is 59.2 Å². The van der Waals surface area contributed by atoms with Gasteiger partial charge in [0.15, 0.2) is 0 Å². The Bertz CT molecular complexity index is 942. The van der Waals surface area contributed by atoms with Crippen LogP contribution < -0.4 is 0 Å². The molecule has 0 aliphatic rings. The summed E-state index contributed by atoms with van der Waals surface area (Å²) in [6.45, 7) is 10.3. The third kappa shape index (κ3) is 4.25. The monoisotopic (exact) mass is 363 g/mol. The fraction of sp³-hybridized carbons (Fsp3) is 0.318. The van der Waals surface area contributed by atoms with Crippen molar-refractivity contribution >= 4 is 5.91 Å². The van der Waals surface area contributed by atoms with Gasteiger partial charge in [-0.15, -0.1) is 0 Å². The van der Waals surface area contributed by atoms with Crippen LogP contribution in [0.4, 0.5) is 0 Å². The van der Waals surface area contributed by atoms with Gasteiger partial charge in [0.25, 0.3) is 5.91 Å². The molecule has 0 radical (unpaired) electrons. The number of carbonyl (C=O) groups is 1. The van der Waals surface area contributed by atoms with Crippen LogP contribution in [0.25, 0.3) is 11.4 Å². The highest BCUT2D eigenvalue weighted by molar-refractivity contribution is 5.95. The molecule has 0 unspecified atom stereocenters. The van der Waals surface area contributed by atoms with Crippen LogP contribution in [0.1, 0.15) is 46.8 Å². The Balaban J connectivity index is 1.82. The Labute approximate surface area is 160 Å². The molecule has 0 N–H and O–H groups in total. The number of amides is 1. The van der Waals surface area contributed by atoms with Crippen molar-refractivity contribution in [2.75, 3.05) is 0 Å². The summed E-state index contributed by atoms with van der Waals surface area (Å²) in [4.78, 5) is 19.3.